The lowest BCUT2D eigenvalue weighted by atomic mass is 10.1. The van der Waals surface area contributed by atoms with Crippen molar-refractivity contribution in [1.29, 1.82) is 5.26 Å². The number of nitrogens with zero attached hydrogens (tertiary/aromatic N) is 3. The number of alkyl halides is 8. The van der Waals surface area contributed by atoms with Crippen molar-refractivity contribution in [2.45, 2.75) is 18.3 Å². The summed E-state index contributed by atoms with van der Waals surface area (Å²) >= 11 is 0. The van der Waals surface area contributed by atoms with E-state index in [1.165, 1.54) is 6.07 Å². The molecule has 27 heavy (non-hydrogen) atoms. The van der Waals surface area contributed by atoms with Gasteiger partial charge in [-0.3, -0.25) is 9.36 Å². The molecule has 0 N–H and O–H groups in total. The monoisotopic (exact) mass is 401 g/mol. The molecular formula is C14H4F9N3O. The maximum Gasteiger partial charge on any atom is 0.459 e. The average molecular weight is 401 g/mol. The molecule has 1 heterocycles. The van der Waals surface area contributed by atoms with E-state index in [1.807, 2.05) is 0 Å². The molecule has 0 aliphatic rings. The molecule has 0 saturated heterocycles. The Kier molecular flexibility index (Phi) is 4.72. The van der Waals surface area contributed by atoms with Crippen LogP contribution in [0.4, 0.5) is 39.5 Å². The van der Waals surface area contributed by atoms with Crippen molar-refractivity contribution in [2.75, 3.05) is 0 Å². The van der Waals surface area contributed by atoms with Gasteiger partial charge in [-0.2, -0.15) is 40.4 Å². The van der Waals surface area contributed by atoms with Crippen LogP contribution in [-0.2, 0) is 12.1 Å². The highest BCUT2D eigenvalue weighted by molar-refractivity contribution is 5.52. The van der Waals surface area contributed by atoms with Crippen LogP contribution in [0.1, 0.15) is 16.8 Å². The Labute approximate surface area is 143 Å². The Balaban J connectivity index is 2.68. The molecule has 4 nitrogen and oxygen atoms in total. The van der Waals surface area contributed by atoms with E-state index in [2.05, 4.69) is 4.98 Å². The molecule has 0 atom stereocenters. The molecule has 1 aromatic carbocycles. The minimum Gasteiger partial charge on any atom is -0.269 e. The highest BCUT2D eigenvalue weighted by Gasteiger charge is 2.60. The normalized spacial score (nSPS) is 12.7. The van der Waals surface area contributed by atoms with Gasteiger partial charge in [0, 0.05) is 6.07 Å². The standard InChI is InChI=1S/C14H4F9N3O/c15-8-2-7(13(18,19)20)1-6(4-24)11(8)26-5-25-9(3-10(26)27)12(16,17)14(21,22)23/h1-3,5H. The molecule has 13 heteroatoms. The lowest BCUT2D eigenvalue weighted by Gasteiger charge is -2.19. The molecule has 1 aromatic heterocycles. The Morgan fingerprint density at radius 1 is 1.00 bits per heavy atom. The maximum absolute atomic E-state index is 14.1. The van der Waals surface area contributed by atoms with Crippen LogP contribution in [0.3, 0.4) is 0 Å². The highest BCUT2D eigenvalue weighted by Crippen LogP contribution is 2.42. The number of halogens is 9. The number of nitriles is 1. The van der Waals surface area contributed by atoms with E-state index in [1.54, 1.807) is 0 Å². The van der Waals surface area contributed by atoms with Crippen molar-refractivity contribution in [3.8, 4) is 11.8 Å². The summed E-state index contributed by atoms with van der Waals surface area (Å²) in [7, 11) is 0. The van der Waals surface area contributed by atoms with Crippen molar-refractivity contribution >= 4 is 0 Å². The first-order valence-electron chi connectivity index (χ1n) is 6.55. The van der Waals surface area contributed by atoms with Crippen LogP contribution >= 0.6 is 0 Å². The number of rotatable bonds is 2. The molecule has 0 aliphatic heterocycles. The predicted molar refractivity (Wildman–Crippen MR) is 69.5 cm³/mol. The molecule has 144 valence electrons. The first-order chi connectivity index (χ1) is 12.2. The molecule has 0 aliphatic carbocycles. The molecule has 0 spiro atoms. The van der Waals surface area contributed by atoms with E-state index in [-0.39, 0.29) is 29.1 Å². The van der Waals surface area contributed by atoms with Crippen molar-refractivity contribution in [3.05, 3.63) is 57.5 Å². The van der Waals surface area contributed by atoms with Gasteiger partial charge in [0.2, 0.25) is 0 Å². The summed E-state index contributed by atoms with van der Waals surface area (Å²) in [6, 6.07) is 1.04. The molecule has 2 rings (SSSR count). The van der Waals surface area contributed by atoms with Gasteiger partial charge in [0.05, 0.1) is 11.1 Å². The van der Waals surface area contributed by atoms with Crippen LogP contribution in [-0.4, -0.2) is 15.7 Å². The summed E-state index contributed by atoms with van der Waals surface area (Å²) in [5.41, 5.74) is -7.32. The largest absolute Gasteiger partial charge is 0.459 e. The van der Waals surface area contributed by atoms with Gasteiger partial charge < -0.3 is 0 Å². The number of hydrogen-bond acceptors (Lipinski definition) is 3. The smallest absolute Gasteiger partial charge is 0.269 e. The Bertz CT molecular complexity index is 983. The van der Waals surface area contributed by atoms with E-state index in [0.717, 1.165) is 0 Å². The van der Waals surface area contributed by atoms with Gasteiger partial charge in [-0.15, -0.1) is 0 Å². The Hall–Kier alpha value is -3.04. The van der Waals surface area contributed by atoms with Crippen LogP contribution in [0.25, 0.3) is 5.69 Å². The third-order valence-corrected chi connectivity index (χ3v) is 3.24. The van der Waals surface area contributed by atoms with Gasteiger partial charge in [-0.05, 0) is 12.1 Å². The highest BCUT2D eigenvalue weighted by atomic mass is 19.4. The third-order valence-electron chi connectivity index (χ3n) is 3.24. The zero-order chi connectivity index (χ0) is 20.8. The van der Waals surface area contributed by atoms with Crippen LogP contribution in [0.5, 0.6) is 0 Å². The minimum absolute atomic E-state index is 0.0456. The number of aromatic nitrogens is 2. The number of hydrogen-bond donors (Lipinski definition) is 0. The second-order valence-corrected chi connectivity index (χ2v) is 5.02. The first-order valence-corrected chi connectivity index (χ1v) is 6.55. The van der Waals surface area contributed by atoms with E-state index in [4.69, 9.17) is 5.26 Å². The zero-order valence-corrected chi connectivity index (χ0v) is 12.5. The van der Waals surface area contributed by atoms with Gasteiger partial charge in [0.1, 0.15) is 29.6 Å². The topological polar surface area (TPSA) is 58.7 Å². The average Bonchev–Trinajstić information content (AvgIpc) is 2.52. The summed E-state index contributed by atoms with van der Waals surface area (Å²) in [4.78, 5) is 14.6. The summed E-state index contributed by atoms with van der Waals surface area (Å²) in [5.74, 6) is -7.23. The van der Waals surface area contributed by atoms with Gasteiger partial charge >= 0.3 is 18.3 Å². The van der Waals surface area contributed by atoms with Crippen LogP contribution in [0, 0.1) is 17.1 Å². The fraction of sp³-hybridized carbons (Fsp3) is 0.214. The summed E-state index contributed by atoms with van der Waals surface area (Å²) in [6.45, 7) is 0. The molecule has 0 fully saturated rings. The molecular weight excluding hydrogens is 397 g/mol. The molecule has 0 amide bonds. The molecule has 0 bridgehead atoms. The molecule has 0 unspecified atom stereocenters. The Morgan fingerprint density at radius 2 is 1.59 bits per heavy atom. The summed E-state index contributed by atoms with van der Waals surface area (Å²) < 4.78 is 115. The first kappa shape index (κ1) is 20.3. The van der Waals surface area contributed by atoms with E-state index in [9.17, 15) is 44.3 Å². The fourth-order valence-electron chi connectivity index (χ4n) is 1.98. The lowest BCUT2D eigenvalue weighted by molar-refractivity contribution is -0.291. The maximum atomic E-state index is 14.1. The van der Waals surface area contributed by atoms with Gasteiger partial charge in [0.15, 0.2) is 0 Å². The van der Waals surface area contributed by atoms with E-state index >= 15 is 0 Å². The van der Waals surface area contributed by atoms with E-state index in [0.29, 0.717) is 0 Å². The quantitative estimate of drug-likeness (QED) is 0.717. The number of benzene rings is 1. The predicted octanol–water partition coefficient (Wildman–Crippen LogP) is 3.92. The summed E-state index contributed by atoms with van der Waals surface area (Å²) in [6.07, 6.45) is -11.0. The SMILES string of the molecule is N#Cc1cc(C(F)(F)F)cc(F)c1-n1cnc(C(F)(F)C(F)(F)F)cc1=O. The molecule has 2 aromatic rings. The van der Waals surface area contributed by atoms with Crippen LogP contribution < -0.4 is 5.56 Å². The van der Waals surface area contributed by atoms with Crippen LogP contribution in [0.15, 0.2) is 29.3 Å². The second kappa shape index (κ2) is 6.29. The summed E-state index contributed by atoms with van der Waals surface area (Å²) in [5, 5.41) is 8.89. The zero-order valence-electron chi connectivity index (χ0n) is 12.5. The van der Waals surface area contributed by atoms with Crippen molar-refractivity contribution in [3.63, 3.8) is 0 Å². The molecule has 0 radical (unpaired) electrons. The van der Waals surface area contributed by atoms with Crippen molar-refractivity contribution in [1.82, 2.24) is 9.55 Å². The van der Waals surface area contributed by atoms with Crippen molar-refractivity contribution < 1.29 is 39.5 Å². The van der Waals surface area contributed by atoms with Gasteiger partial charge in [0.25, 0.3) is 5.56 Å². The lowest BCUT2D eigenvalue weighted by Crippen LogP contribution is -2.36. The molecule has 0 saturated carbocycles. The Morgan fingerprint density at radius 3 is 2.04 bits per heavy atom. The van der Waals surface area contributed by atoms with Gasteiger partial charge in [-0.25, -0.2) is 9.37 Å². The van der Waals surface area contributed by atoms with E-state index < -0.39 is 52.2 Å². The second-order valence-electron chi connectivity index (χ2n) is 5.02. The minimum atomic E-state index is -6.07. The van der Waals surface area contributed by atoms with Gasteiger partial charge in [-0.1, -0.05) is 0 Å². The van der Waals surface area contributed by atoms with Crippen molar-refractivity contribution in [2.24, 2.45) is 0 Å². The fourth-order valence-corrected chi connectivity index (χ4v) is 1.98. The van der Waals surface area contributed by atoms with Crippen LogP contribution in [0.2, 0.25) is 0 Å². The third kappa shape index (κ3) is 3.60.